The molecule has 0 heterocycles. The van der Waals surface area contributed by atoms with E-state index in [1.807, 2.05) is 30.3 Å². The van der Waals surface area contributed by atoms with E-state index in [9.17, 15) is 0 Å². The summed E-state index contributed by atoms with van der Waals surface area (Å²) < 4.78 is 1.06. The lowest BCUT2D eigenvalue weighted by Crippen LogP contribution is -2.26. The summed E-state index contributed by atoms with van der Waals surface area (Å²) in [5.41, 5.74) is 17.0. The summed E-state index contributed by atoms with van der Waals surface area (Å²) in [6, 6.07) is 16.1. The fourth-order valence-electron chi connectivity index (χ4n) is 2.40. The number of halogens is 1. The van der Waals surface area contributed by atoms with E-state index < -0.39 is 0 Å². The van der Waals surface area contributed by atoms with Gasteiger partial charge in [-0.25, -0.2) is 4.99 Å². The highest BCUT2D eigenvalue weighted by Gasteiger charge is 2.05. The Morgan fingerprint density at radius 1 is 0.864 bits per heavy atom. The summed E-state index contributed by atoms with van der Waals surface area (Å²) in [4.78, 5) is 7.94. The van der Waals surface area contributed by atoms with Gasteiger partial charge in [0, 0.05) is 4.47 Å². The van der Waals surface area contributed by atoms with Crippen LogP contribution in [0.1, 0.15) is 0 Å². The smallest absolute Gasteiger partial charge is 0.223 e. The van der Waals surface area contributed by atoms with Gasteiger partial charge in [0.1, 0.15) is 0 Å². The van der Waals surface area contributed by atoms with Gasteiger partial charge < -0.3 is 17.2 Å². The Hall–Kier alpha value is -2.60. The van der Waals surface area contributed by atoms with Gasteiger partial charge in [-0.15, -0.1) is 0 Å². The molecule has 0 saturated heterocycles. The van der Waals surface area contributed by atoms with Gasteiger partial charge in [0.05, 0.1) is 5.69 Å². The van der Waals surface area contributed by atoms with Crippen LogP contribution in [-0.4, -0.2) is 11.9 Å². The fraction of sp³-hybridized carbons (Fsp3) is 0. The quantitative estimate of drug-likeness (QED) is 0.355. The molecule has 0 spiro atoms. The predicted octanol–water partition coefficient (Wildman–Crippen LogP) is 2.98. The first kappa shape index (κ1) is 14.3. The van der Waals surface area contributed by atoms with E-state index in [2.05, 4.69) is 44.1 Å². The molecule has 3 aromatic carbocycles. The molecule has 22 heavy (non-hydrogen) atoms. The van der Waals surface area contributed by atoms with Gasteiger partial charge in [-0.05, 0) is 39.7 Å². The number of guanidine groups is 2. The maximum Gasteiger partial charge on any atom is 0.223 e. The second-order valence-corrected chi connectivity index (χ2v) is 5.67. The third kappa shape index (κ3) is 2.73. The molecule has 0 aliphatic heterocycles. The third-order valence-electron chi connectivity index (χ3n) is 3.28. The van der Waals surface area contributed by atoms with Crippen LogP contribution in [0.3, 0.4) is 0 Å². The van der Waals surface area contributed by atoms with E-state index in [0.717, 1.165) is 26.0 Å². The first-order chi connectivity index (χ1) is 10.5. The summed E-state index contributed by atoms with van der Waals surface area (Å²) in [7, 11) is 0. The van der Waals surface area contributed by atoms with Crippen molar-refractivity contribution in [2.24, 2.45) is 27.2 Å². The summed E-state index contributed by atoms with van der Waals surface area (Å²) >= 11 is 3.61. The highest BCUT2D eigenvalue weighted by molar-refractivity contribution is 9.10. The van der Waals surface area contributed by atoms with Crippen molar-refractivity contribution < 1.29 is 0 Å². The molecule has 0 radical (unpaired) electrons. The van der Waals surface area contributed by atoms with Gasteiger partial charge >= 0.3 is 0 Å². The predicted molar refractivity (Wildman–Crippen MR) is 96.2 cm³/mol. The summed E-state index contributed by atoms with van der Waals surface area (Å²) in [5, 5.41) is 4.50. The molecule has 0 aliphatic rings. The Kier molecular flexibility index (Phi) is 3.68. The Morgan fingerprint density at radius 2 is 1.59 bits per heavy atom. The van der Waals surface area contributed by atoms with Gasteiger partial charge in [-0.2, -0.15) is 4.99 Å². The fourth-order valence-corrected chi connectivity index (χ4v) is 3.00. The minimum atomic E-state index is -0.114. The van der Waals surface area contributed by atoms with Crippen LogP contribution in [0.25, 0.3) is 21.5 Å². The van der Waals surface area contributed by atoms with Crippen LogP contribution in [0.5, 0.6) is 0 Å². The van der Waals surface area contributed by atoms with Crippen molar-refractivity contribution in [2.75, 3.05) is 0 Å². The molecule has 6 heteroatoms. The average molecular weight is 356 g/mol. The Morgan fingerprint density at radius 3 is 2.32 bits per heavy atom. The van der Waals surface area contributed by atoms with E-state index in [1.54, 1.807) is 0 Å². The number of hydrogen-bond donors (Lipinski definition) is 3. The van der Waals surface area contributed by atoms with Crippen molar-refractivity contribution in [2.45, 2.75) is 0 Å². The van der Waals surface area contributed by atoms with Gasteiger partial charge in [0.2, 0.25) is 5.96 Å². The van der Waals surface area contributed by atoms with Crippen molar-refractivity contribution in [1.82, 2.24) is 0 Å². The van der Waals surface area contributed by atoms with Gasteiger partial charge in [-0.1, -0.05) is 46.3 Å². The molecule has 0 aliphatic carbocycles. The molecule has 0 bridgehead atoms. The summed E-state index contributed by atoms with van der Waals surface area (Å²) in [5.74, 6) is -0.0859. The Bertz CT molecular complexity index is 926. The van der Waals surface area contributed by atoms with Crippen LogP contribution in [0.4, 0.5) is 5.69 Å². The zero-order chi connectivity index (χ0) is 15.7. The molecular formula is C16H14BrN5. The van der Waals surface area contributed by atoms with E-state index in [-0.39, 0.29) is 11.9 Å². The zero-order valence-electron chi connectivity index (χ0n) is 11.6. The van der Waals surface area contributed by atoms with Gasteiger partial charge in [0.25, 0.3) is 0 Å². The van der Waals surface area contributed by atoms with E-state index >= 15 is 0 Å². The highest BCUT2D eigenvalue weighted by atomic mass is 79.9. The van der Waals surface area contributed by atoms with Crippen molar-refractivity contribution in [3.8, 4) is 0 Å². The molecule has 0 aromatic heterocycles. The van der Waals surface area contributed by atoms with Crippen molar-refractivity contribution in [3.63, 3.8) is 0 Å². The number of nitrogens with zero attached hydrogens (tertiary/aromatic N) is 2. The molecule has 0 fully saturated rings. The van der Waals surface area contributed by atoms with Crippen molar-refractivity contribution >= 4 is 55.1 Å². The molecular weight excluding hydrogens is 342 g/mol. The number of rotatable bonds is 1. The Labute approximate surface area is 135 Å². The molecule has 0 atom stereocenters. The molecule has 0 saturated carbocycles. The molecule has 5 nitrogen and oxygen atoms in total. The molecule has 6 N–H and O–H groups in total. The van der Waals surface area contributed by atoms with Crippen LogP contribution < -0.4 is 17.2 Å². The van der Waals surface area contributed by atoms with Crippen molar-refractivity contribution in [1.29, 1.82) is 0 Å². The van der Waals surface area contributed by atoms with Crippen LogP contribution in [0.15, 0.2) is 63.0 Å². The van der Waals surface area contributed by atoms with Gasteiger partial charge in [-0.3, -0.25) is 0 Å². The second kappa shape index (κ2) is 5.65. The van der Waals surface area contributed by atoms with Gasteiger partial charge in [0.15, 0.2) is 5.96 Å². The average Bonchev–Trinajstić information content (AvgIpc) is 2.47. The molecule has 3 aromatic rings. The number of fused-ring (bicyclic) bond motifs is 3. The lowest BCUT2D eigenvalue weighted by Gasteiger charge is -2.07. The minimum absolute atomic E-state index is 0.0285. The van der Waals surface area contributed by atoms with E-state index in [0.29, 0.717) is 5.69 Å². The topological polar surface area (TPSA) is 103 Å². The summed E-state index contributed by atoms with van der Waals surface area (Å²) in [6.45, 7) is 0. The van der Waals surface area contributed by atoms with Crippen LogP contribution in [0.2, 0.25) is 0 Å². The number of nitrogens with two attached hydrogens (primary N) is 3. The molecule has 110 valence electrons. The molecule has 0 amide bonds. The summed E-state index contributed by atoms with van der Waals surface area (Å²) in [6.07, 6.45) is 0. The zero-order valence-corrected chi connectivity index (χ0v) is 13.2. The first-order valence-corrected chi connectivity index (χ1v) is 7.39. The SMILES string of the molecule is NC(N)=NC(N)=Nc1ccc2cc(Br)c3ccccc3c2c1. The third-order valence-corrected chi connectivity index (χ3v) is 3.94. The first-order valence-electron chi connectivity index (χ1n) is 6.59. The van der Waals surface area contributed by atoms with Crippen LogP contribution >= 0.6 is 15.9 Å². The maximum absolute atomic E-state index is 5.68. The largest absolute Gasteiger partial charge is 0.370 e. The number of hydrogen-bond acceptors (Lipinski definition) is 1. The molecule has 3 rings (SSSR count). The lowest BCUT2D eigenvalue weighted by atomic mass is 10.0. The Balaban J connectivity index is 2.23. The standard InChI is InChI=1S/C16H14BrN5/c17-14-7-9-5-6-10(21-16(20)22-15(18)19)8-13(9)11-3-1-2-4-12(11)14/h1-8H,(H6,18,19,20,21,22). The normalized spacial score (nSPS) is 11.8. The van der Waals surface area contributed by atoms with Crippen LogP contribution in [0, 0.1) is 0 Å². The lowest BCUT2D eigenvalue weighted by molar-refractivity contribution is 1.39. The molecule has 0 unspecified atom stereocenters. The highest BCUT2D eigenvalue weighted by Crippen LogP contribution is 2.33. The second-order valence-electron chi connectivity index (χ2n) is 4.82. The van der Waals surface area contributed by atoms with Crippen LogP contribution in [-0.2, 0) is 0 Å². The number of benzene rings is 3. The maximum atomic E-state index is 5.68. The van der Waals surface area contributed by atoms with Crippen molar-refractivity contribution in [3.05, 3.63) is 53.0 Å². The number of aliphatic imine (C=N–C) groups is 2. The van der Waals surface area contributed by atoms with E-state index in [1.165, 1.54) is 0 Å². The van der Waals surface area contributed by atoms with E-state index in [4.69, 9.17) is 17.2 Å². The monoisotopic (exact) mass is 355 g/mol. The minimum Gasteiger partial charge on any atom is -0.370 e.